The van der Waals surface area contributed by atoms with Gasteiger partial charge in [0.15, 0.2) is 5.82 Å². The Hall–Kier alpha value is -5.38. The highest BCUT2D eigenvalue weighted by atomic mass is 19.1. The first kappa shape index (κ1) is 27.8. The van der Waals surface area contributed by atoms with Crippen molar-refractivity contribution in [1.82, 2.24) is 34.6 Å². The van der Waals surface area contributed by atoms with Crippen LogP contribution in [0.15, 0.2) is 43.1 Å². The molecule has 0 saturated carbocycles. The summed E-state index contributed by atoms with van der Waals surface area (Å²) in [7, 11) is 3.20. The van der Waals surface area contributed by atoms with Gasteiger partial charge in [-0.25, -0.2) is 18.6 Å². The number of amides is 1. The number of pyridine rings is 1. The zero-order valence-corrected chi connectivity index (χ0v) is 23.3. The first-order valence-electron chi connectivity index (χ1n) is 13.5. The maximum absolute atomic E-state index is 16.3. The monoisotopic (exact) mass is 584 g/mol. The molecule has 0 aliphatic carbocycles. The van der Waals surface area contributed by atoms with Gasteiger partial charge in [-0.1, -0.05) is 12.0 Å². The van der Waals surface area contributed by atoms with Gasteiger partial charge in [-0.3, -0.25) is 4.98 Å². The van der Waals surface area contributed by atoms with Gasteiger partial charge in [-0.15, -0.1) is 6.42 Å². The lowest BCUT2D eigenvalue weighted by Gasteiger charge is -2.40. The molecule has 218 valence electrons. The van der Waals surface area contributed by atoms with E-state index in [0.717, 1.165) is 19.3 Å². The Kier molecular flexibility index (Phi) is 7.19. The quantitative estimate of drug-likeness (QED) is 0.278. The molecule has 43 heavy (non-hydrogen) atoms. The van der Waals surface area contributed by atoms with E-state index >= 15 is 4.39 Å². The number of hydrogen-bond donors (Lipinski definition) is 1. The third-order valence-corrected chi connectivity index (χ3v) is 7.67. The molecule has 0 radical (unpaired) electrons. The van der Waals surface area contributed by atoms with Gasteiger partial charge in [0.05, 0.1) is 18.1 Å². The molecule has 11 nitrogen and oxygen atoms in total. The molecule has 1 atom stereocenters. The molecule has 5 aromatic rings. The fraction of sp³-hybridized carbons (Fsp3) is 0.267. The topological polar surface area (TPSA) is 122 Å². The minimum Gasteiger partial charge on any atom is -0.508 e. The number of carbonyl (C=O) groups excluding carboxylic acids is 1. The minimum atomic E-state index is -0.802. The van der Waals surface area contributed by atoms with Crippen molar-refractivity contribution in [2.24, 2.45) is 0 Å². The van der Waals surface area contributed by atoms with Crippen molar-refractivity contribution in [1.29, 1.82) is 0 Å². The fourth-order valence-electron chi connectivity index (χ4n) is 5.45. The Balaban J connectivity index is 1.31. The number of hydrogen-bond acceptors (Lipinski definition) is 9. The summed E-state index contributed by atoms with van der Waals surface area (Å²) in [5.74, 6) is 1.12. The molecule has 1 fully saturated rings. The number of benzene rings is 2. The summed E-state index contributed by atoms with van der Waals surface area (Å²) in [4.78, 5) is 33.1. The highest BCUT2D eigenvalue weighted by Crippen LogP contribution is 2.38. The van der Waals surface area contributed by atoms with Gasteiger partial charge < -0.3 is 19.6 Å². The smallest absolute Gasteiger partial charge is 0.346 e. The SMILES string of the molecule is C#Cc1c(F)ccc2cc(O)cc(-c3ncc4c(N(C)CCCC5CCN5C(=O)n5cncn5)nc(OC)nc4c3F)c12. The summed E-state index contributed by atoms with van der Waals surface area (Å²) in [6.07, 6.45) is 12.1. The number of phenols is 1. The van der Waals surface area contributed by atoms with Crippen LogP contribution in [0.4, 0.5) is 19.4 Å². The first-order chi connectivity index (χ1) is 20.8. The van der Waals surface area contributed by atoms with Crippen LogP contribution in [0.5, 0.6) is 11.8 Å². The number of carbonyl (C=O) groups is 1. The highest BCUT2D eigenvalue weighted by molar-refractivity contribution is 6.03. The van der Waals surface area contributed by atoms with E-state index in [1.54, 1.807) is 4.90 Å². The Morgan fingerprint density at radius 2 is 2.12 bits per heavy atom. The second kappa shape index (κ2) is 11.1. The van der Waals surface area contributed by atoms with Crippen LogP contribution in [-0.4, -0.2) is 79.0 Å². The van der Waals surface area contributed by atoms with E-state index in [2.05, 4.69) is 31.0 Å². The van der Waals surface area contributed by atoms with Crippen molar-refractivity contribution >= 4 is 33.5 Å². The molecule has 1 amide bonds. The summed E-state index contributed by atoms with van der Waals surface area (Å²) in [6, 6.07) is 5.19. The Morgan fingerprint density at radius 3 is 2.81 bits per heavy atom. The van der Waals surface area contributed by atoms with Crippen LogP contribution < -0.4 is 9.64 Å². The summed E-state index contributed by atoms with van der Waals surface area (Å²) in [6.45, 7) is 1.20. The van der Waals surface area contributed by atoms with E-state index in [1.165, 1.54) is 54.9 Å². The van der Waals surface area contributed by atoms with Crippen molar-refractivity contribution in [2.75, 3.05) is 32.1 Å². The maximum atomic E-state index is 16.3. The minimum absolute atomic E-state index is 0.0508. The first-order valence-corrected chi connectivity index (χ1v) is 13.5. The predicted octanol–water partition coefficient (Wildman–Crippen LogP) is 4.37. The molecule has 3 aromatic heterocycles. The Bertz CT molecular complexity index is 1910. The van der Waals surface area contributed by atoms with Gasteiger partial charge in [0.1, 0.15) is 41.2 Å². The average molecular weight is 585 g/mol. The van der Waals surface area contributed by atoms with E-state index in [9.17, 15) is 14.3 Å². The Morgan fingerprint density at radius 1 is 1.28 bits per heavy atom. The molecule has 13 heteroatoms. The molecule has 1 aliphatic heterocycles. The van der Waals surface area contributed by atoms with E-state index in [-0.39, 0.29) is 51.6 Å². The molecule has 1 saturated heterocycles. The zero-order chi connectivity index (χ0) is 30.2. The highest BCUT2D eigenvalue weighted by Gasteiger charge is 2.33. The molecule has 0 bridgehead atoms. The van der Waals surface area contributed by atoms with Crippen LogP contribution in [0.2, 0.25) is 0 Å². The van der Waals surface area contributed by atoms with Crippen molar-refractivity contribution in [3.05, 3.63) is 60.3 Å². The standard InChI is InChI=1S/C30H26F2N8O3/c1-4-20-23(31)8-7-17-12-19(41)13-21(24(17)20)26-25(32)27-22(14-34-26)28(37-29(36-27)43-3)38(2)10-5-6-18-9-11-39(18)30(42)40-16-33-15-35-40/h1,7-8,12-16,18,41H,5-6,9-11H2,2-3H3. The summed E-state index contributed by atoms with van der Waals surface area (Å²) >= 11 is 0. The third kappa shape index (κ3) is 4.90. The van der Waals surface area contributed by atoms with Gasteiger partial charge in [0.25, 0.3) is 0 Å². The average Bonchev–Trinajstić information content (AvgIpc) is 3.53. The molecular formula is C30H26F2N8O3. The molecule has 4 heterocycles. The number of terminal acetylenes is 1. The zero-order valence-electron chi connectivity index (χ0n) is 23.3. The van der Waals surface area contributed by atoms with Crippen molar-refractivity contribution in [2.45, 2.75) is 25.3 Å². The number of phenolic OH excluding ortho intramolecular Hbond substituents is 1. The molecule has 0 spiro atoms. The number of ether oxygens (including phenoxy) is 1. The largest absolute Gasteiger partial charge is 0.508 e. The van der Waals surface area contributed by atoms with Gasteiger partial charge in [0.2, 0.25) is 0 Å². The molecule has 2 aromatic carbocycles. The number of aromatic nitrogens is 6. The van der Waals surface area contributed by atoms with E-state index < -0.39 is 11.6 Å². The molecule has 1 unspecified atom stereocenters. The second-order valence-corrected chi connectivity index (χ2v) is 10.2. The van der Waals surface area contributed by atoms with Crippen molar-refractivity contribution < 1.29 is 23.4 Å². The number of aromatic hydroxyl groups is 1. The molecule has 6 rings (SSSR count). The number of nitrogens with zero attached hydrogens (tertiary/aromatic N) is 8. The molecule has 1 N–H and O–H groups in total. The van der Waals surface area contributed by atoms with Gasteiger partial charge in [0, 0.05) is 43.3 Å². The second-order valence-electron chi connectivity index (χ2n) is 10.2. The lowest BCUT2D eigenvalue weighted by molar-refractivity contribution is 0.107. The fourth-order valence-corrected chi connectivity index (χ4v) is 5.45. The number of halogens is 2. The molecule has 1 aliphatic rings. The van der Waals surface area contributed by atoms with Crippen molar-refractivity contribution in [3.8, 4) is 35.4 Å². The van der Waals surface area contributed by atoms with Gasteiger partial charge in [-0.2, -0.15) is 19.7 Å². The van der Waals surface area contributed by atoms with Crippen molar-refractivity contribution in [3.63, 3.8) is 0 Å². The van der Waals surface area contributed by atoms with Gasteiger partial charge in [-0.05, 0) is 42.8 Å². The van der Waals surface area contributed by atoms with Crippen LogP contribution in [-0.2, 0) is 0 Å². The number of fused-ring (bicyclic) bond motifs is 2. The van der Waals surface area contributed by atoms with Gasteiger partial charge >= 0.3 is 12.0 Å². The summed E-state index contributed by atoms with van der Waals surface area (Å²) < 4.78 is 37.4. The maximum Gasteiger partial charge on any atom is 0.346 e. The Labute approximate surface area is 244 Å². The van der Waals surface area contributed by atoms with Crippen LogP contribution in [0, 0.1) is 24.0 Å². The van der Waals surface area contributed by atoms with E-state index in [4.69, 9.17) is 11.2 Å². The lowest BCUT2D eigenvalue weighted by Crippen LogP contribution is -2.52. The van der Waals surface area contributed by atoms with Crippen LogP contribution in [0.3, 0.4) is 0 Å². The summed E-state index contributed by atoms with van der Waals surface area (Å²) in [5, 5.41) is 15.3. The van der Waals surface area contributed by atoms with E-state index in [0.29, 0.717) is 29.7 Å². The van der Waals surface area contributed by atoms with Crippen LogP contribution in [0.1, 0.15) is 24.8 Å². The molecular weight excluding hydrogens is 558 g/mol. The number of anilines is 1. The number of likely N-dealkylation sites (tertiary alicyclic amines) is 1. The lowest BCUT2D eigenvalue weighted by atomic mass is 9.96. The number of methoxy groups -OCH3 is 1. The predicted molar refractivity (Wildman–Crippen MR) is 155 cm³/mol. The normalized spacial score (nSPS) is 14.5. The van der Waals surface area contributed by atoms with E-state index in [1.807, 2.05) is 11.9 Å². The van der Waals surface area contributed by atoms with Crippen LogP contribution >= 0.6 is 0 Å². The summed E-state index contributed by atoms with van der Waals surface area (Å²) in [5.41, 5.74) is -0.160. The third-order valence-electron chi connectivity index (χ3n) is 7.67. The number of rotatable bonds is 7. The van der Waals surface area contributed by atoms with Crippen LogP contribution in [0.25, 0.3) is 32.9 Å².